The monoisotopic (exact) mass is 434 g/mol. The zero-order chi connectivity index (χ0) is 22.5. The number of pyridine rings is 1. The van der Waals surface area contributed by atoms with Gasteiger partial charge in [-0.25, -0.2) is 4.98 Å². The molecule has 2 fully saturated rings. The van der Waals surface area contributed by atoms with Gasteiger partial charge >= 0.3 is 0 Å². The lowest BCUT2D eigenvalue weighted by Crippen LogP contribution is -2.44. The van der Waals surface area contributed by atoms with Gasteiger partial charge in [0.2, 0.25) is 5.91 Å². The van der Waals surface area contributed by atoms with Crippen molar-refractivity contribution < 1.29 is 9.59 Å². The van der Waals surface area contributed by atoms with Gasteiger partial charge in [0.25, 0.3) is 5.91 Å². The highest BCUT2D eigenvalue weighted by Crippen LogP contribution is 2.25. The molecular formula is C26H34N4O2. The molecule has 4 rings (SSSR count). The fraction of sp³-hybridized carbons (Fsp3) is 0.500. The van der Waals surface area contributed by atoms with E-state index >= 15 is 0 Å². The summed E-state index contributed by atoms with van der Waals surface area (Å²) >= 11 is 0. The second kappa shape index (κ2) is 10.2. The molecule has 0 radical (unpaired) electrons. The first-order chi connectivity index (χ1) is 15.5. The first-order valence-electron chi connectivity index (χ1n) is 11.9. The minimum Gasteiger partial charge on any atom is -0.357 e. The number of nitrogens with one attached hydrogen (secondary N) is 1. The summed E-state index contributed by atoms with van der Waals surface area (Å²) in [7, 11) is 0. The van der Waals surface area contributed by atoms with E-state index in [1.807, 2.05) is 44.2 Å². The molecule has 0 bridgehead atoms. The number of hydrogen-bond donors (Lipinski definition) is 1. The molecule has 32 heavy (non-hydrogen) atoms. The first-order valence-corrected chi connectivity index (χ1v) is 11.9. The second-order valence-corrected chi connectivity index (χ2v) is 9.11. The van der Waals surface area contributed by atoms with Gasteiger partial charge in [-0.05, 0) is 75.3 Å². The fourth-order valence-corrected chi connectivity index (χ4v) is 4.76. The molecule has 1 aromatic heterocycles. The van der Waals surface area contributed by atoms with Crippen molar-refractivity contribution >= 4 is 23.3 Å². The SMILES string of the molecule is Cc1cccc(N(CC(=O)NC2CCCC2)C(=O)c2ccc(N3CCCCC3)nc2)c1C. The molecule has 1 saturated heterocycles. The number of aromatic nitrogens is 1. The van der Waals surface area contributed by atoms with Crippen LogP contribution in [-0.2, 0) is 4.79 Å². The maximum absolute atomic E-state index is 13.6. The number of aryl methyl sites for hydroxylation is 1. The van der Waals surface area contributed by atoms with E-state index in [-0.39, 0.29) is 24.4 Å². The van der Waals surface area contributed by atoms with E-state index < -0.39 is 0 Å². The van der Waals surface area contributed by atoms with Crippen molar-refractivity contribution in [1.29, 1.82) is 0 Å². The highest BCUT2D eigenvalue weighted by Gasteiger charge is 2.25. The van der Waals surface area contributed by atoms with Crippen LogP contribution < -0.4 is 15.1 Å². The average molecular weight is 435 g/mol. The Kier molecular flexibility index (Phi) is 7.08. The molecule has 2 aliphatic rings. The number of anilines is 2. The van der Waals surface area contributed by atoms with E-state index in [2.05, 4.69) is 15.2 Å². The van der Waals surface area contributed by atoms with E-state index in [1.165, 1.54) is 19.3 Å². The van der Waals surface area contributed by atoms with Crippen molar-refractivity contribution in [2.45, 2.75) is 64.8 Å². The predicted molar refractivity (Wildman–Crippen MR) is 128 cm³/mol. The van der Waals surface area contributed by atoms with E-state index in [9.17, 15) is 9.59 Å². The van der Waals surface area contributed by atoms with E-state index in [0.717, 1.165) is 61.4 Å². The Bertz CT molecular complexity index is 945. The lowest BCUT2D eigenvalue weighted by Gasteiger charge is -2.28. The van der Waals surface area contributed by atoms with Crippen LogP contribution in [0.1, 0.15) is 66.4 Å². The predicted octanol–water partition coefficient (Wildman–Crippen LogP) is 4.39. The van der Waals surface area contributed by atoms with Crippen LogP contribution in [0.2, 0.25) is 0 Å². The summed E-state index contributed by atoms with van der Waals surface area (Å²) in [5.74, 6) is 0.612. The molecule has 2 amide bonds. The van der Waals surface area contributed by atoms with Gasteiger partial charge in [-0.2, -0.15) is 0 Å². The molecule has 1 aliphatic heterocycles. The van der Waals surface area contributed by atoms with Gasteiger partial charge in [0, 0.05) is 31.0 Å². The topological polar surface area (TPSA) is 65.5 Å². The molecule has 6 heteroatoms. The number of nitrogens with zero attached hydrogens (tertiary/aromatic N) is 3. The van der Waals surface area contributed by atoms with Crippen LogP contribution in [0.5, 0.6) is 0 Å². The van der Waals surface area contributed by atoms with Crippen LogP contribution in [0.25, 0.3) is 0 Å². The first kappa shape index (κ1) is 22.3. The van der Waals surface area contributed by atoms with Crippen molar-refractivity contribution in [3.8, 4) is 0 Å². The summed E-state index contributed by atoms with van der Waals surface area (Å²) in [4.78, 5) is 34.9. The number of carbonyl (C=O) groups excluding carboxylic acids is 2. The Morgan fingerprint density at radius 2 is 1.78 bits per heavy atom. The van der Waals surface area contributed by atoms with Gasteiger partial charge in [-0.3, -0.25) is 14.5 Å². The van der Waals surface area contributed by atoms with Crippen LogP contribution in [0.15, 0.2) is 36.5 Å². The molecule has 170 valence electrons. The largest absolute Gasteiger partial charge is 0.357 e. The Labute approximate surface area is 191 Å². The van der Waals surface area contributed by atoms with Crippen molar-refractivity contribution in [3.63, 3.8) is 0 Å². The molecule has 1 aromatic carbocycles. The summed E-state index contributed by atoms with van der Waals surface area (Å²) in [6, 6.07) is 9.87. The van der Waals surface area contributed by atoms with Gasteiger partial charge in [-0.1, -0.05) is 25.0 Å². The molecule has 0 atom stereocenters. The summed E-state index contributed by atoms with van der Waals surface area (Å²) in [6.07, 6.45) is 9.62. The average Bonchev–Trinajstić information content (AvgIpc) is 3.33. The minimum atomic E-state index is -0.196. The lowest BCUT2D eigenvalue weighted by atomic mass is 10.1. The van der Waals surface area contributed by atoms with Gasteiger partial charge in [0.15, 0.2) is 0 Å². The summed E-state index contributed by atoms with van der Waals surface area (Å²) in [6.45, 7) is 6.05. The highest BCUT2D eigenvalue weighted by atomic mass is 16.2. The number of benzene rings is 1. The number of amides is 2. The van der Waals surface area contributed by atoms with Crippen LogP contribution in [0.3, 0.4) is 0 Å². The zero-order valence-electron chi connectivity index (χ0n) is 19.3. The van der Waals surface area contributed by atoms with Gasteiger partial charge < -0.3 is 10.2 Å². The molecular weight excluding hydrogens is 400 g/mol. The third-order valence-corrected chi connectivity index (χ3v) is 6.81. The van der Waals surface area contributed by atoms with Gasteiger partial charge in [-0.15, -0.1) is 0 Å². The Balaban J connectivity index is 1.56. The summed E-state index contributed by atoms with van der Waals surface area (Å²) in [5, 5.41) is 3.12. The standard InChI is InChI=1S/C26H34N4O2/c1-19-9-8-12-23(20(19)2)30(18-25(31)28-22-10-4-5-11-22)26(32)21-13-14-24(27-17-21)29-15-6-3-7-16-29/h8-9,12-14,17,22H,3-7,10-11,15-16,18H2,1-2H3,(H,28,31). The van der Waals surface area contributed by atoms with Crippen molar-refractivity contribution in [2.24, 2.45) is 0 Å². The van der Waals surface area contributed by atoms with Gasteiger partial charge in [0.05, 0.1) is 5.56 Å². The van der Waals surface area contributed by atoms with Crippen molar-refractivity contribution in [3.05, 3.63) is 53.2 Å². The van der Waals surface area contributed by atoms with Crippen LogP contribution in [0.4, 0.5) is 11.5 Å². The normalized spacial score (nSPS) is 16.8. The maximum atomic E-state index is 13.6. The molecule has 0 spiro atoms. The Morgan fingerprint density at radius 3 is 2.47 bits per heavy atom. The molecule has 1 N–H and O–H groups in total. The maximum Gasteiger partial charge on any atom is 0.260 e. The van der Waals surface area contributed by atoms with Gasteiger partial charge in [0.1, 0.15) is 12.4 Å². The van der Waals surface area contributed by atoms with E-state index in [1.54, 1.807) is 11.1 Å². The number of carbonyl (C=O) groups is 2. The summed E-state index contributed by atoms with van der Waals surface area (Å²) in [5.41, 5.74) is 3.37. The molecule has 1 saturated carbocycles. The third-order valence-electron chi connectivity index (χ3n) is 6.81. The van der Waals surface area contributed by atoms with Crippen LogP contribution in [0, 0.1) is 13.8 Å². The number of hydrogen-bond acceptors (Lipinski definition) is 4. The van der Waals surface area contributed by atoms with Crippen LogP contribution >= 0.6 is 0 Å². The molecule has 1 aliphatic carbocycles. The number of rotatable bonds is 6. The molecule has 6 nitrogen and oxygen atoms in total. The number of piperidine rings is 1. The highest BCUT2D eigenvalue weighted by molar-refractivity contribution is 6.09. The lowest BCUT2D eigenvalue weighted by molar-refractivity contribution is -0.120. The molecule has 0 unspecified atom stereocenters. The molecule has 2 heterocycles. The van der Waals surface area contributed by atoms with Crippen LogP contribution in [-0.4, -0.2) is 42.5 Å². The Hall–Kier alpha value is -2.89. The second-order valence-electron chi connectivity index (χ2n) is 9.11. The zero-order valence-corrected chi connectivity index (χ0v) is 19.3. The third kappa shape index (κ3) is 5.12. The van der Waals surface area contributed by atoms with E-state index in [4.69, 9.17) is 0 Å². The Morgan fingerprint density at radius 1 is 1.03 bits per heavy atom. The minimum absolute atomic E-state index is 0.00744. The summed E-state index contributed by atoms with van der Waals surface area (Å²) < 4.78 is 0. The fourth-order valence-electron chi connectivity index (χ4n) is 4.76. The van der Waals surface area contributed by atoms with E-state index in [0.29, 0.717) is 5.56 Å². The smallest absolute Gasteiger partial charge is 0.260 e. The quantitative estimate of drug-likeness (QED) is 0.732. The van der Waals surface area contributed by atoms with Crippen molar-refractivity contribution in [2.75, 3.05) is 29.4 Å². The van der Waals surface area contributed by atoms with Crippen molar-refractivity contribution in [1.82, 2.24) is 10.3 Å². The molecule has 2 aromatic rings.